The zero-order chi connectivity index (χ0) is 22.8. The Hall–Kier alpha value is -3.41. The van der Waals surface area contributed by atoms with Gasteiger partial charge in [-0.25, -0.2) is 0 Å². The Kier molecular flexibility index (Phi) is 5.75. The highest BCUT2D eigenvalue weighted by Crippen LogP contribution is 2.37. The van der Waals surface area contributed by atoms with Crippen LogP contribution in [-0.4, -0.2) is 38.9 Å². The van der Waals surface area contributed by atoms with Gasteiger partial charge in [0.1, 0.15) is 5.82 Å². The number of fused-ring (bicyclic) bond motifs is 3. The second-order valence-electron chi connectivity index (χ2n) is 8.19. The van der Waals surface area contributed by atoms with Crippen LogP contribution in [-0.2, 0) is 21.4 Å². The van der Waals surface area contributed by atoms with Crippen LogP contribution in [0.5, 0.6) is 0 Å². The van der Waals surface area contributed by atoms with E-state index in [1.165, 1.54) is 0 Å². The number of pyridine rings is 1. The molecular weight excluding hydrogens is 436 g/mol. The molecule has 1 N–H and O–H groups in total. The molecule has 0 atom stereocenters. The second-order valence-corrected chi connectivity index (χ2v) is 9.34. The average Bonchev–Trinajstić information content (AvgIpc) is 3.27. The van der Waals surface area contributed by atoms with E-state index in [9.17, 15) is 10.1 Å². The van der Waals surface area contributed by atoms with E-state index in [1.54, 1.807) is 11.8 Å². The fourth-order valence-corrected chi connectivity index (χ4v) is 5.28. The van der Waals surface area contributed by atoms with Gasteiger partial charge in [-0.1, -0.05) is 23.9 Å². The van der Waals surface area contributed by atoms with Crippen molar-refractivity contribution in [3.05, 3.63) is 66.0 Å². The number of hydrogen-bond acceptors (Lipinski definition) is 6. The van der Waals surface area contributed by atoms with E-state index in [0.29, 0.717) is 43.9 Å². The quantitative estimate of drug-likeness (QED) is 0.450. The first-order valence-corrected chi connectivity index (χ1v) is 11.7. The molecular formula is C25H22N4O3S. The van der Waals surface area contributed by atoms with E-state index in [4.69, 9.17) is 9.84 Å². The van der Waals surface area contributed by atoms with Gasteiger partial charge in [-0.3, -0.25) is 9.20 Å². The van der Waals surface area contributed by atoms with Crippen molar-refractivity contribution in [2.45, 2.75) is 40.9 Å². The summed E-state index contributed by atoms with van der Waals surface area (Å²) in [6.45, 7) is 1.23. The first-order chi connectivity index (χ1) is 16.1. The van der Waals surface area contributed by atoms with Crippen LogP contribution in [0.3, 0.4) is 0 Å². The minimum atomic E-state index is -0.855. The third kappa shape index (κ3) is 4.17. The maximum Gasteiger partial charge on any atom is 0.303 e. The third-order valence-corrected chi connectivity index (χ3v) is 7.13. The van der Waals surface area contributed by atoms with Crippen LogP contribution in [0, 0.1) is 11.3 Å². The van der Waals surface area contributed by atoms with Crippen molar-refractivity contribution in [3.63, 3.8) is 0 Å². The summed E-state index contributed by atoms with van der Waals surface area (Å²) in [6, 6.07) is 20.9. The average molecular weight is 459 g/mol. The second kappa shape index (κ2) is 8.85. The van der Waals surface area contributed by atoms with Crippen LogP contribution in [0.4, 0.5) is 0 Å². The maximum atomic E-state index is 11.0. The molecule has 0 amide bonds. The molecule has 0 aliphatic carbocycles. The number of rotatable bonds is 6. The lowest BCUT2D eigenvalue weighted by Gasteiger charge is -2.31. The monoisotopic (exact) mass is 458 g/mol. The predicted octanol–water partition coefficient (Wildman–Crippen LogP) is 4.62. The van der Waals surface area contributed by atoms with Gasteiger partial charge in [0.25, 0.3) is 0 Å². The topological polar surface area (TPSA) is 101 Å². The molecule has 1 saturated heterocycles. The molecule has 7 nitrogen and oxygen atoms in total. The molecule has 2 aromatic heterocycles. The van der Waals surface area contributed by atoms with Gasteiger partial charge in [-0.2, -0.15) is 5.26 Å². The van der Waals surface area contributed by atoms with Gasteiger partial charge < -0.3 is 9.84 Å². The van der Waals surface area contributed by atoms with E-state index in [2.05, 4.69) is 40.5 Å². The van der Waals surface area contributed by atoms with Crippen LogP contribution in [0.1, 0.15) is 30.7 Å². The maximum absolute atomic E-state index is 11.0. The molecule has 4 aromatic rings. The summed E-state index contributed by atoms with van der Waals surface area (Å²) in [5, 5.41) is 28.3. The van der Waals surface area contributed by atoms with E-state index in [1.807, 2.05) is 34.7 Å². The van der Waals surface area contributed by atoms with Crippen molar-refractivity contribution in [2.24, 2.45) is 0 Å². The Morgan fingerprint density at radius 3 is 2.73 bits per heavy atom. The minimum Gasteiger partial charge on any atom is -0.481 e. The molecule has 8 heteroatoms. The lowest BCUT2D eigenvalue weighted by Crippen LogP contribution is -2.32. The van der Waals surface area contributed by atoms with Gasteiger partial charge in [-0.05, 0) is 66.3 Å². The fourth-order valence-electron chi connectivity index (χ4n) is 4.36. The molecule has 3 heterocycles. The lowest BCUT2D eigenvalue weighted by atomic mass is 9.75. The first-order valence-electron chi connectivity index (χ1n) is 10.8. The Bertz CT molecular complexity index is 1390. The molecule has 33 heavy (non-hydrogen) atoms. The zero-order valence-corrected chi connectivity index (χ0v) is 18.7. The Balaban J connectivity index is 1.45. The van der Waals surface area contributed by atoms with Gasteiger partial charge in [-0.15, -0.1) is 10.2 Å². The van der Waals surface area contributed by atoms with Gasteiger partial charge in [0.05, 0.1) is 23.4 Å². The third-order valence-electron chi connectivity index (χ3n) is 6.15. The van der Waals surface area contributed by atoms with Crippen LogP contribution in [0.15, 0.2) is 64.4 Å². The number of nitriles is 1. The SMILES string of the molecule is N#CC1(c2cccc(Sc3ccc4c(ccc5nnc(CCC(=O)O)n54)c3)c2)CCOCC1. The summed E-state index contributed by atoms with van der Waals surface area (Å²) in [6.07, 6.45) is 1.77. The summed E-state index contributed by atoms with van der Waals surface area (Å²) in [4.78, 5) is 13.2. The molecule has 5 rings (SSSR count). The number of nitrogens with zero attached hydrogens (tertiary/aromatic N) is 4. The van der Waals surface area contributed by atoms with Gasteiger partial charge in [0.2, 0.25) is 0 Å². The lowest BCUT2D eigenvalue weighted by molar-refractivity contribution is -0.137. The van der Waals surface area contributed by atoms with Crippen molar-refractivity contribution < 1.29 is 14.6 Å². The Morgan fingerprint density at radius 2 is 1.94 bits per heavy atom. The molecule has 0 bridgehead atoms. The highest BCUT2D eigenvalue weighted by Gasteiger charge is 2.34. The van der Waals surface area contributed by atoms with Crippen LogP contribution in [0.2, 0.25) is 0 Å². The van der Waals surface area contributed by atoms with Gasteiger partial charge in [0, 0.05) is 29.4 Å². The standard InChI is InChI=1S/C25H22N4O3S/c26-16-25(10-12-32-13-11-25)18-2-1-3-19(15-18)33-20-5-6-21-17(14-20)4-7-22-27-28-23(29(21)22)8-9-24(30)31/h1-7,14-15H,8-13H2,(H,30,31). The van der Waals surface area contributed by atoms with Crippen LogP contribution >= 0.6 is 11.8 Å². The van der Waals surface area contributed by atoms with Gasteiger partial charge >= 0.3 is 5.97 Å². The number of aryl methyl sites for hydroxylation is 1. The molecule has 1 fully saturated rings. The van der Waals surface area contributed by atoms with Crippen molar-refractivity contribution in [1.29, 1.82) is 5.26 Å². The van der Waals surface area contributed by atoms with E-state index >= 15 is 0 Å². The first kappa shape index (κ1) is 21.4. The number of aromatic nitrogens is 3. The predicted molar refractivity (Wildman–Crippen MR) is 124 cm³/mol. The summed E-state index contributed by atoms with van der Waals surface area (Å²) in [7, 11) is 0. The van der Waals surface area contributed by atoms with E-state index in [-0.39, 0.29) is 6.42 Å². The highest BCUT2D eigenvalue weighted by molar-refractivity contribution is 7.99. The molecule has 1 aliphatic rings. The van der Waals surface area contributed by atoms with E-state index in [0.717, 1.165) is 26.3 Å². The summed E-state index contributed by atoms with van der Waals surface area (Å²) < 4.78 is 7.40. The molecule has 166 valence electrons. The molecule has 2 aromatic carbocycles. The fraction of sp³-hybridized carbons (Fsp3) is 0.280. The zero-order valence-electron chi connectivity index (χ0n) is 17.9. The van der Waals surface area contributed by atoms with Crippen molar-refractivity contribution in [2.75, 3.05) is 13.2 Å². The number of carboxylic acid groups (broad SMARTS) is 1. The number of hydrogen-bond donors (Lipinski definition) is 1. The Morgan fingerprint density at radius 1 is 1.12 bits per heavy atom. The Labute approximate surface area is 195 Å². The normalized spacial score (nSPS) is 15.5. The molecule has 0 radical (unpaired) electrons. The highest BCUT2D eigenvalue weighted by atomic mass is 32.2. The molecule has 0 unspecified atom stereocenters. The number of aliphatic carboxylic acids is 1. The number of carboxylic acids is 1. The number of benzene rings is 2. The number of carbonyl (C=O) groups is 1. The molecule has 0 spiro atoms. The van der Waals surface area contributed by atoms with Crippen LogP contribution in [0.25, 0.3) is 16.6 Å². The largest absolute Gasteiger partial charge is 0.481 e. The summed E-state index contributed by atoms with van der Waals surface area (Å²) >= 11 is 1.66. The smallest absolute Gasteiger partial charge is 0.303 e. The van der Waals surface area contributed by atoms with Crippen molar-refractivity contribution in [1.82, 2.24) is 14.6 Å². The molecule has 0 saturated carbocycles. The number of ether oxygens (including phenoxy) is 1. The summed E-state index contributed by atoms with van der Waals surface area (Å²) in [5.74, 6) is -0.212. The van der Waals surface area contributed by atoms with Crippen LogP contribution < -0.4 is 0 Å². The minimum absolute atomic E-state index is 0.0117. The molecule has 1 aliphatic heterocycles. The van der Waals surface area contributed by atoms with Crippen molar-refractivity contribution >= 4 is 34.3 Å². The summed E-state index contributed by atoms with van der Waals surface area (Å²) in [5.41, 5.74) is 2.22. The van der Waals surface area contributed by atoms with E-state index < -0.39 is 11.4 Å². The van der Waals surface area contributed by atoms with Gasteiger partial charge in [0.15, 0.2) is 5.65 Å². The van der Waals surface area contributed by atoms with Crippen molar-refractivity contribution in [3.8, 4) is 6.07 Å².